The van der Waals surface area contributed by atoms with Gasteiger partial charge in [-0.25, -0.2) is 4.39 Å². The van der Waals surface area contributed by atoms with E-state index in [1.807, 2.05) is 18.2 Å². The lowest BCUT2D eigenvalue weighted by Gasteiger charge is -2.52. The zero-order valence-electron chi connectivity index (χ0n) is 21.1. The fourth-order valence-electron chi connectivity index (χ4n) is 6.99. The SMILES string of the molecule is Cc1noc([C@H]2C[C@@H]3Oc4cc(F)ccc4C(=O)C3[C@@]3(C(=O)Oc4ccccc43)[C@@H]2c2ccccc2)c1[N+](=O)[O-]. The summed E-state index contributed by atoms with van der Waals surface area (Å²) in [6.45, 7) is 1.48. The summed E-state index contributed by atoms with van der Waals surface area (Å²) >= 11 is 0. The number of ether oxygens (including phenoxy) is 2. The molecule has 9 nitrogen and oxygen atoms in total. The van der Waals surface area contributed by atoms with Gasteiger partial charge in [0.05, 0.1) is 16.4 Å². The van der Waals surface area contributed by atoms with E-state index in [0.29, 0.717) is 16.9 Å². The number of benzene rings is 3. The molecule has 10 heteroatoms. The van der Waals surface area contributed by atoms with Crippen molar-refractivity contribution in [1.82, 2.24) is 5.16 Å². The van der Waals surface area contributed by atoms with Crippen molar-refractivity contribution < 1.29 is 32.9 Å². The van der Waals surface area contributed by atoms with Gasteiger partial charge in [0.2, 0.25) is 5.76 Å². The van der Waals surface area contributed by atoms with Crippen LogP contribution < -0.4 is 9.47 Å². The molecule has 0 saturated heterocycles. The van der Waals surface area contributed by atoms with Gasteiger partial charge < -0.3 is 14.0 Å². The Kier molecular flexibility index (Phi) is 5.19. The van der Waals surface area contributed by atoms with Crippen LogP contribution in [0.4, 0.5) is 10.1 Å². The van der Waals surface area contributed by atoms with Gasteiger partial charge in [-0.3, -0.25) is 19.7 Å². The summed E-state index contributed by atoms with van der Waals surface area (Å²) in [5.41, 5.74) is -0.539. The standard InChI is InChI=1S/C30H21FN2O7/c1-15-26(33(36)37)28(40-32-15)19-14-23-25(27(34)18-12-11-17(31)13-22(18)38-23)30(24(19)16-7-3-2-4-8-16)20-9-5-6-10-21(20)39-29(30)35/h2-13,19,23-25H,14H2,1H3/t19-,23-,24+,25?,30-/m0/s1. The summed E-state index contributed by atoms with van der Waals surface area (Å²) in [4.78, 5) is 40.2. The number of carbonyl (C=O) groups is 2. The van der Waals surface area contributed by atoms with Crippen LogP contribution in [0.5, 0.6) is 11.5 Å². The molecule has 40 heavy (non-hydrogen) atoms. The highest BCUT2D eigenvalue weighted by atomic mass is 19.1. The molecular weight excluding hydrogens is 519 g/mol. The number of aryl methyl sites for hydroxylation is 1. The lowest BCUT2D eigenvalue weighted by molar-refractivity contribution is -0.386. The van der Waals surface area contributed by atoms with Crippen molar-refractivity contribution in [1.29, 1.82) is 0 Å². The summed E-state index contributed by atoms with van der Waals surface area (Å²) in [6.07, 6.45) is -0.881. The Morgan fingerprint density at radius 1 is 1.00 bits per heavy atom. The smallest absolute Gasteiger partial charge is 0.334 e. The minimum atomic E-state index is -1.64. The van der Waals surface area contributed by atoms with E-state index in [2.05, 4.69) is 5.16 Å². The largest absolute Gasteiger partial charge is 0.489 e. The minimum absolute atomic E-state index is 0.0209. The number of hydrogen-bond donors (Lipinski definition) is 0. The van der Waals surface area contributed by atoms with E-state index in [4.69, 9.17) is 14.0 Å². The summed E-state index contributed by atoms with van der Waals surface area (Å²) < 4.78 is 31.9. The van der Waals surface area contributed by atoms with Crippen LogP contribution in [-0.2, 0) is 10.2 Å². The molecule has 0 amide bonds. The Bertz CT molecular complexity index is 1720. The first kappa shape index (κ1) is 24.2. The quantitative estimate of drug-likeness (QED) is 0.146. The average Bonchev–Trinajstić information content (AvgIpc) is 3.46. The number of hydrogen-bond acceptors (Lipinski definition) is 8. The van der Waals surface area contributed by atoms with Crippen molar-refractivity contribution >= 4 is 17.4 Å². The van der Waals surface area contributed by atoms with Gasteiger partial charge in [-0.1, -0.05) is 53.7 Å². The molecule has 0 radical (unpaired) electrons. The van der Waals surface area contributed by atoms with Crippen LogP contribution in [0.1, 0.15) is 51.2 Å². The molecule has 3 aliphatic rings. The number of para-hydroxylation sites is 1. The number of aromatic nitrogens is 1. The maximum Gasteiger partial charge on any atom is 0.334 e. The molecule has 1 spiro atoms. The van der Waals surface area contributed by atoms with E-state index in [1.165, 1.54) is 19.1 Å². The molecule has 1 saturated carbocycles. The maximum absolute atomic E-state index is 14.3. The van der Waals surface area contributed by atoms with Crippen molar-refractivity contribution in [3.63, 3.8) is 0 Å². The van der Waals surface area contributed by atoms with Gasteiger partial charge in [0, 0.05) is 23.5 Å². The molecule has 1 fully saturated rings. The number of nitro groups is 1. The maximum atomic E-state index is 14.3. The van der Waals surface area contributed by atoms with Crippen LogP contribution in [0.25, 0.3) is 0 Å². The normalized spacial score (nSPS) is 26.4. The summed E-state index contributed by atoms with van der Waals surface area (Å²) in [5.74, 6) is -4.01. The van der Waals surface area contributed by atoms with Crippen LogP contribution in [0.15, 0.2) is 77.3 Å². The number of ketones is 1. The number of rotatable bonds is 3. The predicted molar refractivity (Wildman–Crippen MR) is 137 cm³/mol. The third kappa shape index (κ3) is 3.16. The number of Topliss-reactive ketones (excluding diaryl/α,β-unsaturated/α-hetero) is 1. The molecule has 200 valence electrons. The van der Waals surface area contributed by atoms with E-state index in [9.17, 15) is 24.1 Å². The highest BCUT2D eigenvalue weighted by Gasteiger charge is 2.70. The first-order valence-electron chi connectivity index (χ1n) is 12.8. The molecule has 4 aromatic rings. The Morgan fingerprint density at radius 2 is 1.75 bits per heavy atom. The second-order valence-electron chi connectivity index (χ2n) is 10.4. The number of fused-ring (bicyclic) bond motifs is 5. The van der Waals surface area contributed by atoms with Gasteiger partial charge >= 0.3 is 11.7 Å². The average molecular weight is 541 g/mol. The molecule has 5 atom stereocenters. The molecule has 0 bridgehead atoms. The van der Waals surface area contributed by atoms with Crippen molar-refractivity contribution in [3.8, 4) is 11.5 Å². The van der Waals surface area contributed by atoms with Crippen LogP contribution in [0.3, 0.4) is 0 Å². The van der Waals surface area contributed by atoms with Gasteiger partial charge in [0.15, 0.2) is 11.5 Å². The topological polar surface area (TPSA) is 122 Å². The van der Waals surface area contributed by atoms with E-state index in [-0.39, 0.29) is 40.7 Å². The molecule has 1 unspecified atom stereocenters. The highest BCUT2D eigenvalue weighted by Crippen LogP contribution is 2.64. The first-order valence-corrected chi connectivity index (χ1v) is 12.8. The van der Waals surface area contributed by atoms with Gasteiger partial charge in [-0.05, 0) is 37.1 Å². The monoisotopic (exact) mass is 540 g/mol. The fourth-order valence-corrected chi connectivity index (χ4v) is 6.99. The lowest BCUT2D eigenvalue weighted by atomic mass is 9.49. The fraction of sp³-hybridized carbons (Fsp3) is 0.233. The van der Waals surface area contributed by atoms with Gasteiger partial charge in [-0.15, -0.1) is 0 Å². The van der Waals surface area contributed by atoms with Crippen LogP contribution in [-0.4, -0.2) is 27.9 Å². The number of nitrogens with zero attached hydrogens (tertiary/aromatic N) is 2. The predicted octanol–water partition coefficient (Wildman–Crippen LogP) is 5.42. The molecule has 2 aliphatic heterocycles. The van der Waals surface area contributed by atoms with E-state index in [1.54, 1.807) is 36.4 Å². The molecule has 7 rings (SSSR count). The van der Waals surface area contributed by atoms with Crippen LogP contribution in [0, 0.1) is 28.8 Å². The molecule has 1 aromatic heterocycles. The molecule has 1 aliphatic carbocycles. The second-order valence-corrected chi connectivity index (χ2v) is 10.4. The highest BCUT2D eigenvalue weighted by molar-refractivity contribution is 6.08. The molecule has 3 aromatic carbocycles. The third-order valence-corrected chi connectivity index (χ3v) is 8.42. The van der Waals surface area contributed by atoms with Gasteiger partial charge in [0.1, 0.15) is 28.8 Å². The Balaban J connectivity index is 1.56. The molecule has 0 N–H and O–H groups in total. The third-order valence-electron chi connectivity index (χ3n) is 8.42. The zero-order valence-corrected chi connectivity index (χ0v) is 21.1. The summed E-state index contributed by atoms with van der Waals surface area (Å²) in [6, 6.07) is 19.6. The van der Waals surface area contributed by atoms with Gasteiger partial charge in [-0.2, -0.15) is 0 Å². The lowest BCUT2D eigenvalue weighted by Crippen LogP contribution is -2.61. The van der Waals surface area contributed by atoms with E-state index >= 15 is 0 Å². The summed E-state index contributed by atoms with van der Waals surface area (Å²) in [5, 5.41) is 16.1. The van der Waals surface area contributed by atoms with Crippen molar-refractivity contribution in [2.24, 2.45) is 5.92 Å². The van der Waals surface area contributed by atoms with E-state index < -0.39 is 46.0 Å². The molecular formula is C30H21FN2O7. The van der Waals surface area contributed by atoms with Crippen LogP contribution >= 0.6 is 0 Å². The second kappa shape index (κ2) is 8.57. The first-order chi connectivity index (χ1) is 19.3. The van der Waals surface area contributed by atoms with Crippen molar-refractivity contribution in [3.05, 3.63) is 117 Å². The van der Waals surface area contributed by atoms with Crippen molar-refractivity contribution in [2.75, 3.05) is 0 Å². The van der Waals surface area contributed by atoms with Crippen LogP contribution in [0.2, 0.25) is 0 Å². The Morgan fingerprint density at radius 3 is 2.52 bits per heavy atom. The minimum Gasteiger partial charge on any atom is -0.489 e. The zero-order chi connectivity index (χ0) is 27.8. The number of carbonyl (C=O) groups excluding carboxylic acids is 2. The number of halogens is 1. The Labute approximate surface area is 226 Å². The van der Waals surface area contributed by atoms with E-state index in [0.717, 1.165) is 6.07 Å². The summed E-state index contributed by atoms with van der Waals surface area (Å²) in [7, 11) is 0. The van der Waals surface area contributed by atoms with Crippen molar-refractivity contribution in [2.45, 2.75) is 36.7 Å². The Hall–Kier alpha value is -4.86. The molecule has 3 heterocycles. The number of esters is 1. The van der Waals surface area contributed by atoms with Gasteiger partial charge in [0.25, 0.3) is 0 Å².